The van der Waals surface area contributed by atoms with Crippen LogP contribution in [0.3, 0.4) is 0 Å². The Bertz CT molecular complexity index is 439. The van der Waals surface area contributed by atoms with Gasteiger partial charge in [-0.15, -0.1) is 0 Å². The second kappa shape index (κ2) is 5.52. The number of hydrogen-bond donors (Lipinski definition) is 1. The van der Waals surface area contributed by atoms with E-state index < -0.39 is 0 Å². The van der Waals surface area contributed by atoms with Crippen LogP contribution in [0.5, 0.6) is 0 Å². The van der Waals surface area contributed by atoms with Crippen LogP contribution < -0.4 is 10.2 Å². The van der Waals surface area contributed by atoms with Crippen LogP contribution in [0.4, 0.5) is 5.69 Å². The Labute approximate surface area is 111 Å². The molecule has 0 saturated carbocycles. The quantitative estimate of drug-likeness (QED) is 0.870. The average molecular weight is 294 g/mol. The smallest absolute Gasteiger partial charge is 0.0843 e. The van der Waals surface area contributed by atoms with Crippen molar-refractivity contribution < 1.29 is 0 Å². The zero-order valence-electron chi connectivity index (χ0n) is 9.91. The molecule has 0 radical (unpaired) electrons. The summed E-state index contributed by atoms with van der Waals surface area (Å²) < 4.78 is 1.16. The zero-order chi connectivity index (χ0) is 12.3. The Morgan fingerprint density at radius 1 is 1.59 bits per heavy atom. The number of nitrogens with zero attached hydrogens (tertiary/aromatic N) is 2. The topological polar surface area (TPSA) is 39.1 Å². The molecule has 2 rings (SSSR count). The summed E-state index contributed by atoms with van der Waals surface area (Å²) in [7, 11) is 0. The summed E-state index contributed by atoms with van der Waals surface area (Å²) >= 11 is 3.56. The average Bonchev–Trinajstić information content (AvgIpc) is 2.79. The molecule has 17 heavy (non-hydrogen) atoms. The van der Waals surface area contributed by atoms with Gasteiger partial charge < -0.3 is 4.90 Å². The monoisotopic (exact) mass is 293 g/mol. The molecule has 4 heteroatoms. The van der Waals surface area contributed by atoms with Crippen LogP contribution >= 0.6 is 15.9 Å². The Morgan fingerprint density at radius 2 is 2.41 bits per heavy atom. The molecule has 1 unspecified atom stereocenters. The van der Waals surface area contributed by atoms with Crippen molar-refractivity contribution in [2.24, 2.45) is 0 Å². The molecule has 3 nitrogen and oxygen atoms in total. The van der Waals surface area contributed by atoms with Gasteiger partial charge in [-0.25, -0.2) is 0 Å². The van der Waals surface area contributed by atoms with Crippen LogP contribution in [0.25, 0.3) is 0 Å². The largest absolute Gasteiger partial charge is 0.370 e. The highest BCUT2D eigenvalue weighted by Crippen LogP contribution is 2.26. The van der Waals surface area contributed by atoms with Crippen molar-refractivity contribution in [3.63, 3.8) is 0 Å². The van der Waals surface area contributed by atoms with E-state index >= 15 is 0 Å². The van der Waals surface area contributed by atoms with Crippen molar-refractivity contribution >= 4 is 21.6 Å². The second-order valence-electron chi connectivity index (χ2n) is 4.40. The highest BCUT2D eigenvalue weighted by molar-refractivity contribution is 9.10. The minimum atomic E-state index is 0.440. The third-order valence-electron chi connectivity index (χ3n) is 3.18. The van der Waals surface area contributed by atoms with Crippen molar-refractivity contribution in [1.82, 2.24) is 5.32 Å². The number of hydrogen-bond acceptors (Lipinski definition) is 3. The Balaban J connectivity index is 2.00. The molecular formula is C13H16BrN3. The summed E-state index contributed by atoms with van der Waals surface area (Å²) in [6, 6.07) is 9.03. The van der Waals surface area contributed by atoms with Gasteiger partial charge in [0.15, 0.2) is 0 Å². The summed E-state index contributed by atoms with van der Waals surface area (Å²) in [5.41, 5.74) is 2.51. The number of anilines is 1. The first-order valence-corrected chi connectivity index (χ1v) is 6.61. The molecule has 0 spiro atoms. The lowest BCUT2D eigenvalue weighted by Gasteiger charge is -2.19. The maximum Gasteiger partial charge on any atom is 0.0843 e. The lowest BCUT2D eigenvalue weighted by atomic mass is 10.2. The maximum absolute atomic E-state index is 8.54. The number of aryl methyl sites for hydroxylation is 1. The van der Waals surface area contributed by atoms with Crippen molar-refractivity contribution in [3.05, 3.63) is 28.2 Å². The molecule has 1 aliphatic heterocycles. The van der Waals surface area contributed by atoms with Gasteiger partial charge in [-0.05, 0) is 31.0 Å². The van der Waals surface area contributed by atoms with Crippen LogP contribution in [0.15, 0.2) is 22.7 Å². The normalized spacial score (nSPS) is 19.4. The van der Waals surface area contributed by atoms with E-state index in [-0.39, 0.29) is 0 Å². The van der Waals surface area contributed by atoms with Crippen LogP contribution in [-0.4, -0.2) is 25.7 Å². The first-order valence-electron chi connectivity index (χ1n) is 5.82. The van der Waals surface area contributed by atoms with E-state index in [2.05, 4.69) is 57.3 Å². The molecule has 1 aromatic carbocycles. The van der Waals surface area contributed by atoms with Gasteiger partial charge >= 0.3 is 0 Å². The van der Waals surface area contributed by atoms with Crippen LogP contribution in [0.2, 0.25) is 0 Å². The summed E-state index contributed by atoms with van der Waals surface area (Å²) in [6.45, 7) is 4.57. The Hall–Kier alpha value is -1.05. The molecule has 1 heterocycles. The predicted octanol–water partition coefficient (Wildman–Crippen LogP) is 2.45. The Kier molecular flexibility index (Phi) is 4.03. The highest BCUT2D eigenvalue weighted by atomic mass is 79.9. The van der Waals surface area contributed by atoms with Crippen LogP contribution in [0.1, 0.15) is 12.0 Å². The van der Waals surface area contributed by atoms with Gasteiger partial charge in [0.25, 0.3) is 0 Å². The van der Waals surface area contributed by atoms with Gasteiger partial charge in [0, 0.05) is 29.3 Å². The molecule has 1 saturated heterocycles. The summed E-state index contributed by atoms with van der Waals surface area (Å²) in [6.07, 6.45) is 1.10. The van der Waals surface area contributed by atoms with E-state index in [0.29, 0.717) is 12.6 Å². The third kappa shape index (κ3) is 2.99. The predicted molar refractivity (Wildman–Crippen MR) is 73.1 cm³/mol. The molecule has 0 aromatic heterocycles. The van der Waals surface area contributed by atoms with Gasteiger partial charge in [0.2, 0.25) is 0 Å². The fourth-order valence-corrected chi connectivity index (χ4v) is 2.50. The summed E-state index contributed by atoms with van der Waals surface area (Å²) in [5, 5.41) is 11.8. The minimum absolute atomic E-state index is 0.440. The lowest BCUT2D eigenvalue weighted by Crippen LogP contribution is -2.32. The summed E-state index contributed by atoms with van der Waals surface area (Å²) in [5.74, 6) is 0. The molecule has 1 N–H and O–H groups in total. The van der Waals surface area contributed by atoms with E-state index in [1.165, 1.54) is 11.3 Å². The Morgan fingerprint density at radius 3 is 3.12 bits per heavy atom. The highest BCUT2D eigenvalue weighted by Gasteiger charge is 2.22. The van der Waals surface area contributed by atoms with Crippen molar-refractivity contribution in [1.29, 1.82) is 5.26 Å². The fraction of sp³-hybridized carbons (Fsp3) is 0.462. The van der Waals surface area contributed by atoms with Crippen molar-refractivity contribution in [2.45, 2.75) is 19.4 Å². The lowest BCUT2D eigenvalue weighted by molar-refractivity contribution is 0.591. The molecule has 0 amide bonds. The van der Waals surface area contributed by atoms with Gasteiger partial charge in [-0.2, -0.15) is 5.26 Å². The SMILES string of the molecule is Cc1ccc(N2CCC(NCC#N)C2)cc1Br. The standard InChI is InChI=1S/C13H16BrN3/c1-10-2-3-12(8-13(10)14)17-7-4-11(9-17)16-6-5-15/h2-3,8,11,16H,4,6-7,9H2,1H3. The van der Waals surface area contributed by atoms with Gasteiger partial charge in [-0.1, -0.05) is 22.0 Å². The van der Waals surface area contributed by atoms with E-state index in [1.807, 2.05) is 0 Å². The molecule has 90 valence electrons. The van der Waals surface area contributed by atoms with Crippen LogP contribution in [0, 0.1) is 18.3 Å². The van der Waals surface area contributed by atoms with E-state index in [1.54, 1.807) is 0 Å². The molecule has 1 aliphatic rings. The number of nitriles is 1. The number of nitrogens with one attached hydrogen (secondary N) is 1. The molecule has 0 bridgehead atoms. The molecule has 1 atom stereocenters. The number of halogens is 1. The minimum Gasteiger partial charge on any atom is -0.370 e. The van der Waals surface area contributed by atoms with E-state index in [9.17, 15) is 0 Å². The maximum atomic E-state index is 8.54. The van der Waals surface area contributed by atoms with Gasteiger partial charge in [0.1, 0.15) is 0 Å². The number of benzene rings is 1. The van der Waals surface area contributed by atoms with E-state index in [4.69, 9.17) is 5.26 Å². The number of rotatable bonds is 3. The zero-order valence-corrected chi connectivity index (χ0v) is 11.5. The first-order chi connectivity index (χ1) is 8.20. The van der Waals surface area contributed by atoms with Gasteiger partial charge in [-0.3, -0.25) is 5.32 Å². The van der Waals surface area contributed by atoms with E-state index in [0.717, 1.165) is 24.0 Å². The van der Waals surface area contributed by atoms with Gasteiger partial charge in [0.05, 0.1) is 12.6 Å². The third-order valence-corrected chi connectivity index (χ3v) is 4.03. The molecule has 1 fully saturated rings. The second-order valence-corrected chi connectivity index (χ2v) is 5.26. The van der Waals surface area contributed by atoms with Crippen LogP contribution in [-0.2, 0) is 0 Å². The summed E-state index contributed by atoms with van der Waals surface area (Å²) in [4.78, 5) is 2.36. The molecule has 1 aromatic rings. The molecular weight excluding hydrogens is 278 g/mol. The van der Waals surface area contributed by atoms with Crippen molar-refractivity contribution in [3.8, 4) is 6.07 Å². The molecule has 0 aliphatic carbocycles. The fourth-order valence-electron chi connectivity index (χ4n) is 2.13. The first kappa shape index (κ1) is 12.4. The van der Waals surface area contributed by atoms with Crippen molar-refractivity contribution in [2.75, 3.05) is 24.5 Å².